The lowest BCUT2D eigenvalue weighted by molar-refractivity contribution is 0.171. The van der Waals surface area contributed by atoms with Crippen molar-refractivity contribution in [2.24, 2.45) is 0 Å². The number of nitrogens with zero attached hydrogens (tertiary/aromatic N) is 1. The Bertz CT molecular complexity index is 804. The minimum Gasteiger partial charge on any atom is -0.486 e. The third kappa shape index (κ3) is 3.55. The molecule has 0 saturated heterocycles. The quantitative estimate of drug-likeness (QED) is 0.746. The highest BCUT2D eigenvalue weighted by Gasteiger charge is 2.26. The smallest absolute Gasteiger partial charge is 0.243 e. The lowest BCUT2D eigenvalue weighted by atomic mass is 10.3. The molecule has 3 rings (SSSR count). The predicted octanol–water partition coefficient (Wildman–Crippen LogP) is 3.49. The summed E-state index contributed by atoms with van der Waals surface area (Å²) in [7, 11) is -3.58. The molecule has 2 aromatic rings. The standard InChI is InChI=1S/C15H16BrNO4S2/c1-2-17(10-11-3-6-15(16)22-11)23(18,19)12-4-5-13-14(9-12)21-8-7-20-13/h3-6,9H,2,7-8,10H2,1H3. The van der Waals surface area contributed by atoms with Crippen molar-refractivity contribution in [3.05, 3.63) is 39.0 Å². The van der Waals surface area contributed by atoms with Gasteiger partial charge in [0.1, 0.15) is 13.2 Å². The Hall–Kier alpha value is -1.09. The number of hydrogen-bond acceptors (Lipinski definition) is 5. The maximum Gasteiger partial charge on any atom is 0.243 e. The number of thiophene rings is 1. The molecular formula is C15H16BrNO4S2. The molecule has 1 aromatic heterocycles. The van der Waals surface area contributed by atoms with E-state index in [1.54, 1.807) is 12.1 Å². The van der Waals surface area contributed by atoms with Crippen LogP contribution < -0.4 is 9.47 Å². The van der Waals surface area contributed by atoms with Crippen LogP contribution in [0.3, 0.4) is 0 Å². The number of rotatable bonds is 5. The molecule has 0 unspecified atom stereocenters. The van der Waals surface area contributed by atoms with E-state index in [1.807, 2.05) is 19.1 Å². The highest BCUT2D eigenvalue weighted by atomic mass is 79.9. The molecule has 0 N–H and O–H groups in total. The summed E-state index contributed by atoms with van der Waals surface area (Å²) in [5, 5.41) is 0. The average Bonchev–Trinajstić information content (AvgIpc) is 2.97. The van der Waals surface area contributed by atoms with Gasteiger partial charge in [0.2, 0.25) is 10.0 Å². The zero-order valence-corrected chi connectivity index (χ0v) is 15.7. The molecule has 0 atom stereocenters. The summed E-state index contributed by atoms with van der Waals surface area (Å²) < 4.78 is 39.1. The molecule has 0 radical (unpaired) electrons. The SMILES string of the molecule is CCN(Cc1ccc(Br)s1)S(=O)(=O)c1ccc2c(c1)OCCO2. The van der Waals surface area contributed by atoms with E-state index in [0.29, 0.717) is 37.8 Å². The van der Waals surface area contributed by atoms with E-state index in [9.17, 15) is 8.42 Å². The second kappa shape index (κ2) is 6.80. The van der Waals surface area contributed by atoms with E-state index >= 15 is 0 Å². The Labute approximate surface area is 148 Å². The summed E-state index contributed by atoms with van der Waals surface area (Å²) in [4.78, 5) is 1.21. The van der Waals surface area contributed by atoms with Crippen LogP contribution in [0.15, 0.2) is 39.0 Å². The van der Waals surface area contributed by atoms with Gasteiger partial charge < -0.3 is 9.47 Å². The Morgan fingerprint density at radius 2 is 1.91 bits per heavy atom. The molecule has 1 aliphatic heterocycles. The fourth-order valence-electron chi connectivity index (χ4n) is 2.31. The normalized spacial score (nSPS) is 14.2. The van der Waals surface area contributed by atoms with Crippen molar-refractivity contribution < 1.29 is 17.9 Å². The molecule has 8 heteroatoms. The van der Waals surface area contributed by atoms with Gasteiger partial charge in [-0.15, -0.1) is 11.3 Å². The number of fused-ring (bicyclic) bond motifs is 1. The average molecular weight is 418 g/mol. The number of hydrogen-bond donors (Lipinski definition) is 0. The maximum absolute atomic E-state index is 12.9. The van der Waals surface area contributed by atoms with Crippen molar-refractivity contribution in [2.45, 2.75) is 18.4 Å². The third-order valence-electron chi connectivity index (χ3n) is 3.47. The van der Waals surface area contributed by atoms with Crippen LogP contribution in [-0.4, -0.2) is 32.5 Å². The lowest BCUT2D eigenvalue weighted by Crippen LogP contribution is -2.30. The van der Waals surface area contributed by atoms with Crippen LogP contribution in [0.1, 0.15) is 11.8 Å². The number of halogens is 1. The molecular weight excluding hydrogens is 402 g/mol. The van der Waals surface area contributed by atoms with Crippen molar-refractivity contribution in [1.29, 1.82) is 0 Å². The largest absolute Gasteiger partial charge is 0.486 e. The molecule has 1 aliphatic rings. The molecule has 0 amide bonds. The summed E-state index contributed by atoms with van der Waals surface area (Å²) in [6.07, 6.45) is 0. The van der Waals surface area contributed by atoms with Gasteiger partial charge in [-0.2, -0.15) is 4.31 Å². The van der Waals surface area contributed by atoms with Crippen molar-refractivity contribution >= 4 is 37.3 Å². The molecule has 2 heterocycles. The summed E-state index contributed by atoms with van der Waals surface area (Å²) in [6, 6.07) is 8.60. The minimum absolute atomic E-state index is 0.222. The van der Waals surface area contributed by atoms with Gasteiger partial charge in [0.15, 0.2) is 11.5 Å². The highest BCUT2D eigenvalue weighted by Crippen LogP contribution is 2.33. The van der Waals surface area contributed by atoms with Gasteiger partial charge in [0, 0.05) is 24.0 Å². The lowest BCUT2D eigenvalue weighted by Gasteiger charge is -2.22. The first-order valence-corrected chi connectivity index (χ1v) is 10.2. The molecule has 0 fully saturated rings. The van der Waals surface area contributed by atoms with Gasteiger partial charge in [-0.3, -0.25) is 0 Å². The molecule has 0 spiro atoms. The number of benzene rings is 1. The van der Waals surface area contributed by atoms with Crippen LogP contribution in [0.5, 0.6) is 11.5 Å². The summed E-state index contributed by atoms with van der Waals surface area (Å²) >= 11 is 4.93. The van der Waals surface area contributed by atoms with Crippen molar-refractivity contribution in [3.8, 4) is 11.5 Å². The van der Waals surface area contributed by atoms with Crippen molar-refractivity contribution in [3.63, 3.8) is 0 Å². The monoisotopic (exact) mass is 417 g/mol. The molecule has 5 nitrogen and oxygen atoms in total. The second-order valence-corrected chi connectivity index (χ2v) is 9.43. The van der Waals surface area contributed by atoms with Crippen LogP contribution >= 0.6 is 27.3 Å². The Morgan fingerprint density at radius 3 is 2.57 bits per heavy atom. The van der Waals surface area contributed by atoms with Crippen LogP contribution in [0.4, 0.5) is 0 Å². The van der Waals surface area contributed by atoms with Gasteiger partial charge in [-0.1, -0.05) is 6.92 Å². The maximum atomic E-state index is 12.9. The van der Waals surface area contributed by atoms with Crippen LogP contribution in [-0.2, 0) is 16.6 Å². The first-order chi connectivity index (χ1) is 11.0. The molecule has 124 valence electrons. The zero-order chi connectivity index (χ0) is 16.4. The summed E-state index contributed by atoms with van der Waals surface area (Å²) in [5.74, 6) is 1.06. The van der Waals surface area contributed by atoms with Crippen molar-refractivity contribution in [1.82, 2.24) is 4.31 Å². The number of sulfonamides is 1. The molecule has 0 aliphatic carbocycles. The fraction of sp³-hybridized carbons (Fsp3) is 0.333. The Kier molecular flexibility index (Phi) is 4.96. The zero-order valence-electron chi connectivity index (χ0n) is 12.5. The first-order valence-electron chi connectivity index (χ1n) is 7.14. The molecule has 1 aromatic carbocycles. The topological polar surface area (TPSA) is 55.8 Å². The first kappa shape index (κ1) is 16.8. The Balaban J connectivity index is 1.89. The second-order valence-electron chi connectivity index (χ2n) is 4.94. The van der Waals surface area contributed by atoms with Gasteiger partial charge >= 0.3 is 0 Å². The highest BCUT2D eigenvalue weighted by molar-refractivity contribution is 9.11. The summed E-state index contributed by atoms with van der Waals surface area (Å²) in [5.41, 5.74) is 0. The van der Waals surface area contributed by atoms with Gasteiger partial charge in [-0.05, 0) is 40.2 Å². The fourth-order valence-corrected chi connectivity index (χ4v) is 5.33. The van der Waals surface area contributed by atoms with E-state index < -0.39 is 10.0 Å². The van der Waals surface area contributed by atoms with E-state index in [2.05, 4.69) is 15.9 Å². The van der Waals surface area contributed by atoms with Gasteiger partial charge in [0.25, 0.3) is 0 Å². The minimum atomic E-state index is -3.58. The Morgan fingerprint density at radius 1 is 1.17 bits per heavy atom. The van der Waals surface area contributed by atoms with E-state index in [0.717, 1.165) is 8.66 Å². The van der Waals surface area contributed by atoms with Crippen LogP contribution in [0.2, 0.25) is 0 Å². The van der Waals surface area contributed by atoms with Gasteiger partial charge in [-0.25, -0.2) is 8.42 Å². The number of ether oxygens (including phenoxy) is 2. The van der Waals surface area contributed by atoms with Crippen LogP contribution in [0, 0.1) is 0 Å². The van der Waals surface area contributed by atoms with E-state index in [1.165, 1.54) is 21.7 Å². The molecule has 0 saturated carbocycles. The predicted molar refractivity (Wildman–Crippen MR) is 92.7 cm³/mol. The molecule has 0 bridgehead atoms. The third-order valence-corrected chi connectivity index (χ3v) is 6.99. The van der Waals surface area contributed by atoms with E-state index in [-0.39, 0.29) is 4.90 Å². The summed E-state index contributed by atoms with van der Waals surface area (Å²) in [6.45, 7) is 3.48. The van der Waals surface area contributed by atoms with Crippen molar-refractivity contribution in [2.75, 3.05) is 19.8 Å². The molecule has 23 heavy (non-hydrogen) atoms. The van der Waals surface area contributed by atoms with E-state index in [4.69, 9.17) is 9.47 Å². The van der Waals surface area contributed by atoms with Crippen LogP contribution in [0.25, 0.3) is 0 Å². The van der Waals surface area contributed by atoms with Gasteiger partial charge in [0.05, 0.1) is 8.68 Å².